The van der Waals surface area contributed by atoms with Crippen molar-refractivity contribution in [3.05, 3.63) is 52.4 Å². The Bertz CT molecular complexity index is 914. The molecular weight excluding hydrogens is 279 g/mol. The second-order valence-electron chi connectivity index (χ2n) is 4.45. The molecule has 0 radical (unpaired) electrons. The summed E-state index contributed by atoms with van der Waals surface area (Å²) in [6.07, 6.45) is 0. The summed E-state index contributed by atoms with van der Waals surface area (Å²) in [5, 5.41) is 28.4. The molecule has 21 heavy (non-hydrogen) atoms. The monoisotopic (exact) mass is 288 g/mol. The molecule has 0 amide bonds. The lowest BCUT2D eigenvalue weighted by molar-refractivity contribution is 0.400. The minimum absolute atomic E-state index is 0.00676. The van der Waals surface area contributed by atoms with E-state index in [4.69, 9.17) is 9.52 Å². The molecule has 0 aliphatic carbocycles. The fraction of sp³-hybridized carbons (Fsp3) is 0. The van der Waals surface area contributed by atoms with Crippen LogP contribution in [0.5, 0.6) is 17.2 Å². The van der Waals surface area contributed by atoms with E-state index in [1.54, 1.807) is 0 Å². The Morgan fingerprint density at radius 3 is 2.38 bits per heavy atom. The van der Waals surface area contributed by atoms with E-state index >= 15 is 0 Å². The molecule has 1 aromatic heterocycles. The Balaban J connectivity index is 2.31. The van der Waals surface area contributed by atoms with Crippen LogP contribution < -0.4 is 5.43 Å². The molecule has 0 bridgehead atoms. The Hall–Kier alpha value is -3.02. The number of hydrogen-bond acceptors (Lipinski definition) is 5. The SMILES string of the molecule is O=c1cc(-c2ccc(O)c(F)c2)oc2c(O)c(O)ccc12. The van der Waals surface area contributed by atoms with Gasteiger partial charge in [-0.05, 0) is 30.3 Å². The normalized spacial score (nSPS) is 10.9. The molecular formula is C15H9FO5. The molecule has 2 aromatic carbocycles. The summed E-state index contributed by atoms with van der Waals surface area (Å²) >= 11 is 0. The van der Waals surface area contributed by atoms with Gasteiger partial charge in [0, 0.05) is 11.6 Å². The van der Waals surface area contributed by atoms with Crippen molar-refractivity contribution < 1.29 is 24.1 Å². The van der Waals surface area contributed by atoms with E-state index in [1.807, 2.05) is 0 Å². The predicted octanol–water partition coefficient (Wildman–Crippen LogP) is 2.72. The van der Waals surface area contributed by atoms with Crippen molar-refractivity contribution in [1.82, 2.24) is 0 Å². The predicted molar refractivity (Wildman–Crippen MR) is 72.9 cm³/mol. The zero-order valence-electron chi connectivity index (χ0n) is 10.5. The van der Waals surface area contributed by atoms with Crippen molar-refractivity contribution in [2.75, 3.05) is 0 Å². The van der Waals surface area contributed by atoms with E-state index in [0.717, 1.165) is 18.2 Å². The van der Waals surface area contributed by atoms with E-state index in [-0.39, 0.29) is 22.3 Å². The van der Waals surface area contributed by atoms with Gasteiger partial charge in [0.1, 0.15) is 5.76 Å². The van der Waals surface area contributed by atoms with Crippen LogP contribution in [0.4, 0.5) is 4.39 Å². The number of phenolic OH excluding ortho intramolecular Hbond substituents is 3. The topological polar surface area (TPSA) is 90.9 Å². The summed E-state index contributed by atoms with van der Waals surface area (Å²) in [7, 11) is 0. The van der Waals surface area contributed by atoms with Crippen LogP contribution in [0, 0.1) is 5.82 Å². The molecule has 0 saturated heterocycles. The van der Waals surface area contributed by atoms with E-state index in [2.05, 4.69) is 0 Å². The Morgan fingerprint density at radius 1 is 0.952 bits per heavy atom. The Morgan fingerprint density at radius 2 is 1.67 bits per heavy atom. The smallest absolute Gasteiger partial charge is 0.201 e. The van der Waals surface area contributed by atoms with Crippen LogP contribution >= 0.6 is 0 Å². The van der Waals surface area contributed by atoms with Gasteiger partial charge in [0.2, 0.25) is 5.75 Å². The maximum Gasteiger partial charge on any atom is 0.201 e. The highest BCUT2D eigenvalue weighted by molar-refractivity contribution is 5.86. The first-order valence-electron chi connectivity index (χ1n) is 5.95. The van der Waals surface area contributed by atoms with Crippen molar-refractivity contribution in [1.29, 1.82) is 0 Å². The van der Waals surface area contributed by atoms with Crippen molar-refractivity contribution in [3.8, 4) is 28.6 Å². The maximum absolute atomic E-state index is 13.4. The van der Waals surface area contributed by atoms with Crippen LogP contribution in [-0.4, -0.2) is 15.3 Å². The third-order valence-corrected chi connectivity index (χ3v) is 3.08. The zero-order chi connectivity index (χ0) is 15.1. The summed E-state index contributed by atoms with van der Waals surface area (Å²) in [6, 6.07) is 7.12. The minimum Gasteiger partial charge on any atom is -0.505 e. The number of rotatable bonds is 1. The van der Waals surface area contributed by atoms with Crippen molar-refractivity contribution >= 4 is 11.0 Å². The first kappa shape index (κ1) is 13.0. The van der Waals surface area contributed by atoms with Crippen LogP contribution in [0.3, 0.4) is 0 Å². The first-order valence-corrected chi connectivity index (χ1v) is 5.95. The molecule has 5 nitrogen and oxygen atoms in total. The summed E-state index contributed by atoms with van der Waals surface area (Å²) < 4.78 is 18.7. The molecule has 0 aliphatic heterocycles. The Kier molecular flexibility index (Phi) is 2.79. The quantitative estimate of drug-likeness (QED) is 0.599. The number of benzene rings is 2. The minimum atomic E-state index is -0.865. The molecule has 3 aromatic rings. The van der Waals surface area contributed by atoms with E-state index < -0.39 is 28.5 Å². The molecule has 0 saturated carbocycles. The summed E-state index contributed by atoms with van der Waals surface area (Å²) in [6.45, 7) is 0. The van der Waals surface area contributed by atoms with Gasteiger partial charge in [-0.1, -0.05) is 0 Å². The highest BCUT2D eigenvalue weighted by Crippen LogP contribution is 2.34. The second-order valence-corrected chi connectivity index (χ2v) is 4.45. The molecule has 0 spiro atoms. The van der Waals surface area contributed by atoms with Crippen molar-refractivity contribution in [2.45, 2.75) is 0 Å². The van der Waals surface area contributed by atoms with Crippen molar-refractivity contribution in [3.63, 3.8) is 0 Å². The van der Waals surface area contributed by atoms with E-state index in [1.165, 1.54) is 18.2 Å². The van der Waals surface area contributed by atoms with Crippen LogP contribution in [0.1, 0.15) is 0 Å². The van der Waals surface area contributed by atoms with Gasteiger partial charge in [-0.25, -0.2) is 4.39 Å². The average molecular weight is 288 g/mol. The maximum atomic E-state index is 13.4. The summed E-state index contributed by atoms with van der Waals surface area (Å²) in [5.41, 5.74) is -0.423. The first-order chi connectivity index (χ1) is 9.97. The van der Waals surface area contributed by atoms with Gasteiger partial charge in [-0.3, -0.25) is 4.79 Å². The molecule has 1 heterocycles. The average Bonchev–Trinajstić information content (AvgIpc) is 2.46. The van der Waals surface area contributed by atoms with Gasteiger partial charge in [0.25, 0.3) is 0 Å². The number of fused-ring (bicyclic) bond motifs is 1. The fourth-order valence-corrected chi connectivity index (χ4v) is 2.00. The molecule has 0 aliphatic rings. The lowest BCUT2D eigenvalue weighted by Gasteiger charge is -2.06. The van der Waals surface area contributed by atoms with Crippen LogP contribution in [0.15, 0.2) is 45.6 Å². The fourth-order valence-electron chi connectivity index (χ4n) is 2.00. The van der Waals surface area contributed by atoms with Gasteiger partial charge in [-0.2, -0.15) is 0 Å². The molecule has 106 valence electrons. The van der Waals surface area contributed by atoms with Gasteiger partial charge in [0.15, 0.2) is 28.3 Å². The van der Waals surface area contributed by atoms with Gasteiger partial charge >= 0.3 is 0 Å². The van der Waals surface area contributed by atoms with E-state index in [0.29, 0.717) is 0 Å². The highest BCUT2D eigenvalue weighted by atomic mass is 19.1. The lowest BCUT2D eigenvalue weighted by atomic mass is 10.1. The van der Waals surface area contributed by atoms with Gasteiger partial charge in [-0.15, -0.1) is 0 Å². The zero-order valence-corrected chi connectivity index (χ0v) is 10.5. The number of halogens is 1. The number of hydrogen-bond donors (Lipinski definition) is 3. The molecule has 0 atom stereocenters. The molecule has 0 fully saturated rings. The number of aromatic hydroxyl groups is 3. The highest BCUT2D eigenvalue weighted by Gasteiger charge is 2.14. The molecule has 6 heteroatoms. The summed E-state index contributed by atoms with van der Waals surface area (Å²) in [5.74, 6) is -2.38. The lowest BCUT2D eigenvalue weighted by Crippen LogP contribution is -2.00. The third kappa shape index (κ3) is 2.06. The summed E-state index contributed by atoms with van der Waals surface area (Å²) in [4.78, 5) is 12.0. The molecule has 3 rings (SSSR count). The number of phenols is 3. The molecule has 3 N–H and O–H groups in total. The molecule has 0 unspecified atom stereocenters. The van der Waals surface area contributed by atoms with Gasteiger partial charge in [0.05, 0.1) is 5.39 Å². The van der Waals surface area contributed by atoms with Gasteiger partial charge < -0.3 is 19.7 Å². The standard InChI is InChI=1S/C15H9FO5/c16-9-5-7(1-3-10(9)17)13-6-12(19)8-2-4-11(18)14(20)15(8)21-13/h1-6,17-18,20H. The van der Waals surface area contributed by atoms with Crippen LogP contribution in [0.2, 0.25) is 0 Å². The Labute approximate surface area is 117 Å². The van der Waals surface area contributed by atoms with Crippen LogP contribution in [-0.2, 0) is 0 Å². The van der Waals surface area contributed by atoms with E-state index in [9.17, 15) is 19.4 Å². The van der Waals surface area contributed by atoms with Crippen LogP contribution in [0.25, 0.3) is 22.3 Å². The largest absolute Gasteiger partial charge is 0.505 e. The van der Waals surface area contributed by atoms with Crippen molar-refractivity contribution in [2.24, 2.45) is 0 Å². The third-order valence-electron chi connectivity index (χ3n) is 3.08. The second kappa shape index (κ2) is 4.52.